The second kappa shape index (κ2) is 5.35. The summed E-state index contributed by atoms with van der Waals surface area (Å²) in [5, 5.41) is 0. The van der Waals surface area contributed by atoms with Crippen LogP contribution in [0.3, 0.4) is 0 Å². The molecule has 0 atom stereocenters. The molecule has 2 heteroatoms. The number of benzene rings is 1. The molecule has 1 aromatic rings. The lowest BCUT2D eigenvalue weighted by Gasteiger charge is -2.27. The number of hydrogen-bond acceptors (Lipinski definition) is 2. The third-order valence-corrected chi connectivity index (χ3v) is 3.43. The van der Waals surface area contributed by atoms with Crippen LogP contribution in [0.4, 0.5) is 0 Å². The Morgan fingerprint density at radius 3 is 2.56 bits per heavy atom. The Balaban J connectivity index is 2.13. The maximum absolute atomic E-state index is 5.94. The molecule has 1 saturated carbocycles. The Bertz CT molecular complexity index is 329. The van der Waals surface area contributed by atoms with Crippen LogP contribution in [0.2, 0.25) is 0 Å². The van der Waals surface area contributed by atoms with Crippen molar-refractivity contribution in [2.45, 2.75) is 44.6 Å². The van der Waals surface area contributed by atoms with E-state index in [0.29, 0.717) is 12.0 Å². The average Bonchev–Trinajstić information content (AvgIpc) is 2.32. The molecule has 1 fully saturated rings. The monoisotopic (exact) mass is 219 g/mol. The zero-order chi connectivity index (χ0) is 11.4. The highest BCUT2D eigenvalue weighted by molar-refractivity contribution is 5.36. The summed E-state index contributed by atoms with van der Waals surface area (Å²) in [4.78, 5) is 0. The number of nitrogens with two attached hydrogens (primary N) is 1. The van der Waals surface area contributed by atoms with Gasteiger partial charge in [-0.1, -0.05) is 18.2 Å². The third kappa shape index (κ3) is 2.56. The van der Waals surface area contributed by atoms with E-state index in [-0.39, 0.29) is 0 Å². The van der Waals surface area contributed by atoms with Gasteiger partial charge in [-0.3, -0.25) is 0 Å². The molecule has 0 heterocycles. The summed E-state index contributed by atoms with van der Waals surface area (Å²) in [7, 11) is 0. The van der Waals surface area contributed by atoms with Gasteiger partial charge in [0.2, 0.25) is 0 Å². The van der Waals surface area contributed by atoms with E-state index in [2.05, 4.69) is 18.2 Å². The van der Waals surface area contributed by atoms with Crippen LogP contribution in [0.15, 0.2) is 24.3 Å². The first kappa shape index (κ1) is 11.5. The lowest BCUT2D eigenvalue weighted by molar-refractivity contribution is 0.324. The fraction of sp³-hybridized carbons (Fsp3) is 0.571. The maximum atomic E-state index is 5.94. The quantitative estimate of drug-likeness (QED) is 0.848. The Labute approximate surface area is 97.8 Å². The van der Waals surface area contributed by atoms with Crippen LogP contribution in [0.5, 0.6) is 5.75 Å². The van der Waals surface area contributed by atoms with E-state index in [4.69, 9.17) is 10.5 Å². The van der Waals surface area contributed by atoms with Gasteiger partial charge in [-0.05, 0) is 50.2 Å². The molecule has 1 aliphatic carbocycles. The molecule has 0 radical (unpaired) electrons. The summed E-state index contributed by atoms with van der Waals surface area (Å²) in [5.41, 5.74) is 7.31. The molecule has 88 valence electrons. The molecule has 0 saturated heterocycles. The molecule has 1 aromatic carbocycles. The summed E-state index contributed by atoms with van der Waals surface area (Å²) < 4.78 is 5.69. The molecule has 16 heavy (non-hydrogen) atoms. The fourth-order valence-electron chi connectivity index (χ4n) is 2.53. The molecule has 0 aliphatic heterocycles. The Kier molecular flexibility index (Phi) is 3.83. The van der Waals surface area contributed by atoms with E-state index < -0.39 is 0 Å². The Hall–Kier alpha value is -1.02. The van der Waals surface area contributed by atoms with E-state index in [1.54, 1.807) is 0 Å². The van der Waals surface area contributed by atoms with E-state index in [1.165, 1.54) is 18.4 Å². The van der Waals surface area contributed by atoms with Gasteiger partial charge in [0.25, 0.3) is 0 Å². The molecule has 0 bridgehead atoms. The van der Waals surface area contributed by atoms with Crippen LogP contribution >= 0.6 is 0 Å². The highest BCUT2D eigenvalue weighted by Crippen LogP contribution is 2.36. The molecule has 0 unspecified atom stereocenters. The van der Waals surface area contributed by atoms with E-state index in [1.807, 2.05) is 13.0 Å². The van der Waals surface area contributed by atoms with Crippen molar-refractivity contribution in [1.29, 1.82) is 0 Å². The van der Waals surface area contributed by atoms with Crippen molar-refractivity contribution in [3.05, 3.63) is 29.8 Å². The molecule has 1 aliphatic rings. The van der Waals surface area contributed by atoms with Crippen molar-refractivity contribution in [1.82, 2.24) is 0 Å². The summed E-state index contributed by atoms with van der Waals surface area (Å²) in [6.07, 6.45) is 4.69. The SMILES string of the molecule is CCOc1ccccc1C1CCC(N)CC1. The standard InChI is InChI=1S/C14H21NO/c1-2-16-14-6-4-3-5-13(14)11-7-9-12(15)10-8-11/h3-6,11-12H,2,7-10,15H2,1H3. The van der Waals surface area contributed by atoms with Gasteiger partial charge in [0.05, 0.1) is 6.61 Å². The van der Waals surface area contributed by atoms with Gasteiger partial charge in [0.15, 0.2) is 0 Å². The molecular weight excluding hydrogens is 198 g/mol. The fourth-order valence-corrected chi connectivity index (χ4v) is 2.53. The van der Waals surface area contributed by atoms with Gasteiger partial charge in [-0.2, -0.15) is 0 Å². The molecule has 2 nitrogen and oxygen atoms in total. The normalized spacial score (nSPS) is 25.4. The van der Waals surface area contributed by atoms with Gasteiger partial charge in [0.1, 0.15) is 5.75 Å². The minimum Gasteiger partial charge on any atom is -0.494 e. The second-order valence-electron chi connectivity index (χ2n) is 4.58. The lowest BCUT2D eigenvalue weighted by Crippen LogP contribution is -2.25. The lowest BCUT2D eigenvalue weighted by atomic mass is 9.82. The van der Waals surface area contributed by atoms with E-state index in [0.717, 1.165) is 25.2 Å². The van der Waals surface area contributed by atoms with Crippen molar-refractivity contribution in [3.63, 3.8) is 0 Å². The smallest absolute Gasteiger partial charge is 0.122 e. The number of hydrogen-bond donors (Lipinski definition) is 1. The number of para-hydroxylation sites is 1. The van der Waals surface area contributed by atoms with Gasteiger partial charge in [0, 0.05) is 6.04 Å². The molecule has 2 rings (SSSR count). The minimum atomic E-state index is 0.413. The van der Waals surface area contributed by atoms with Gasteiger partial charge in [-0.25, -0.2) is 0 Å². The number of ether oxygens (including phenoxy) is 1. The Morgan fingerprint density at radius 2 is 1.88 bits per heavy atom. The van der Waals surface area contributed by atoms with Crippen LogP contribution in [0.25, 0.3) is 0 Å². The molecular formula is C14H21NO. The van der Waals surface area contributed by atoms with E-state index in [9.17, 15) is 0 Å². The van der Waals surface area contributed by atoms with Crippen molar-refractivity contribution in [3.8, 4) is 5.75 Å². The van der Waals surface area contributed by atoms with Gasteiger partial charge >= 0.3 is 0 Å². The molecule has 2 N–H and O–H groups in total. The predicted octanol–water partition coefficient (Wildman–Crippen LogP) is 3.07. The summed E-state index contributed by atoms with van der Waals surface area (Å²) in [5.74, 6) is 1.70. The first-order chi connectivity index (χ1) is 7.81. The molecule has 0 amide bonds. The second-order valence-corrected chi connectivity index (χ2v) is 4.58. The predicted molar refractivity (Wildman–Crippen MR) is 66.8 cm³/mol. The topological polar surface area (TPSA) is 35.2 Å². The highest BCUT2D eigenvalue weighted by atomic mass is 16.5. The third-order valence-electron chi connectivity index (χ3n) is 3.43. The van der Waals surface area contributed by atoms with Crippen molar-refractivity contribution < 1.29 is 4.74 Å². The zero-order valence-corrected chi connectivity index (χ0v) is 9.99. The van der Waals surface area contributed by atoms with Crippen molar-refractivity contribution in [2.75, 3.05) is 6.61 Å². The Morgan fingerprint density at radius 1 is 1.19 bits per heavy atom. The van der Waals surface area contributed by atoms with Crippen LogP contribution in [-0.2, 0) is 0 Å². The number of rotatable bonds is 3. The first-order valence-electron chi connectivity index (χ1n) is 6.28. The summed E-state index contributed by atoms with van der Waals surface area (Å²) in [6, 6.07) is 8.84. The van der Waals surface area contributed by atoms with Gasteiger partial charge in [-0.15, -0.1) is 0 Å². The van der Waals surface area contributed by atoms with Crippen molar-refractivity contribution >= 4 is 0 Å². The van der Waals surface area contributed by atoms with Crippen LogP contribution in [0.1, 0.15) is 44.1 Å². The minimum absolute atomic E-state index is 0.413. The van der Waals surface area contributed by atoms with Crippen LogP contribution in [-0.4, -0.2) is 12.6 Å². The van der Waals surface area contributed by atoms with Crippen LogP contribution in [0, 0.1) is 0 Å². The average molecular weight is 219 g/mol. The van der Waals surface area contributed by atoms with Gasteiger partial charge < -0.3 is 10.5 Å². The summed E-state index contributed by atoms with van der Waals surface area (Å²) >= 11 is 0. The summed E-state index contributed by atoms with van der Waals surface area (Å²) in [6.45, 7) is 2.77. The van der Waals surface area contributed by atoms with Crippen molar-refractivity contribution in [2.24, 2.45) is 5.73 Å². The first-order valence-corrected chi connectivity index (χ1v) is 6.28. The van der Waals surface area contributed by atoms with Crippen LogP contribution < -0.4 is 10.5 Å². The molecule has 0 aromatic heterocycles. The largest absolute Gasteiger partial charge is 0.494 e. The zero-order valence-electron chi connectivity index (χ0n) is 9.99. The highest BCUT2D eigenvalue weighted by Gasteiger charge is 2.22. The maximum Gasteiger partial charge on any atom is 0.122 e. The van der Waals surface area contributed by atoms with E-state index >= 15 is 0 Å². The molecule has 0 spiro atoms.